The van der Waals surface area contributed by atoms with Crippen molar-refractivity contribution in [2.24, 2.45) is 0 Å². The van der Waals surface area contributed by atoms with E-state index in [1.165, 1.54) is 12.8 Å². The fraction of sp³-hybridized carbons (Fsp3) is 0.714. The van der Waals surface area contributed by atoms with Crippen molar-refractivity contribution >= 4 is 17.4 Å². The highest BCUT2D eigenvalue weighted by atomic mass is 35.5. The molecule has 2 fully saturated rings. The molecule has 1 N–H and O–H groups in total. The van der Waals surface area contributed by atoms with Crippen molar-refractivity contribution in [3.63, 3.8) is 0 Å². The van der Waals surface area contributed by atoms with Gasteiger partial charge in [0, 0.05) is 37.7 Å². The highest BCUT2D eigenvalue weighted by Gasteiger charge is 2.27. The molecule has 0 bridgehead atoms. The molecule has 0 amide bonds. The van der Waals surface area contributed by atoms with Gasteiger partial charge in [0.05, 0.1) is 13.2 Å². The topological polar surface area (TPSA) is 50.3 Å². The van der Waals surface area contributed by atoms with Crippen LogP contribution in [0.1, 0.15) is 31.5 Å². The van der Waals surface area contributed by atoms with Gasteiger partial charge in [-0.1, -0.05) is 11.6 Å². The summed E-state index contributed by atoms with van der Waals surface area (Å²) in [6, 6.07) is 2.13. The SMILES string of the molecule is CC(CN1CCOCC1)Nc1cc(Cl)nc(C2CC2)n1. The molecule has 1 saturated heterocycles. The third-order valence-corrected chi connectivity index (χ3v) is 3.88. The van der Waals surface area contributed by atoms with E-state index in [9.17, 15) is 0 Å². The Hall–Kier alpha value is -0.910. The molecule has 6 heteroatoms. The zero-order chi connectivity index (χ0) is 13.9. The molecule has 1 aromatic heterocycles. The Bertz CT molecular complexity index is 460. The number of halogens is 1. The Morgan fingerprint density at radius 2 is 2.15 bits per heavy atom. The van der Waals surface area contributed by atoms with Crippen molar-refractivity contribution in [1.29, 1.82) is 0 Å². The molecular formula is C14H21ClN4O. The van der Waals surface area contributed by atoms with Crippen LogP contribution >= 0.6 is 11.6 Å². The van der Waals surface area contributed by atoms with Crippen LogP contribution < -0.4 is 5.32 Å². The molecule has 2 aliphatic rings. The Morgan fingerprint density at radius 3 is 2.85 bits per heavy atom. The second kappa shape index (κ2) is 6.24. The second-order valence-corrected chi connectivity index (χ2v) is 6.05. The monoisotopic (exact) mass is 296 g/mol. The molecular weight excluding hydrogens is 276 g/mol. The first-order valence-electron chi connectivity index (χ1n) is 7.32. The molecule has 20 heavy (non-hydrogen) atoms. The summed E-state index contributed by atoms with van der Waals surface area (Å²) in [5, 5.41) is 3.97. The Morgan fingerprint density at radius 1 is 1.40 bits per heavy atom. The van der Waals surface area contributed by atoms with E-state index in [4.69, 9.17) is 16.3 Å². The number of hydrogen-bond acceptors (Lipinski definition) is 5. The van der Waals surface area contributed by atoms with E-state index in [2.05, 4.69) is 27.1 Å². The smallest absolute Gasteiger partial charge is 0.135 e. The van der Waals surface area contributed by atoms with Gasteiger partial charge in [0.25, 0.3) is 0 Å². The number of ether oxygens (including phenoxy) is 1. The quantitative estimate of drug-likeness (QED) is 0.844. The Balaban J connectivity index is 1.58. The lowest BCUT2D eigenvalue weighted by atomic mass is 10.3. The minimum Gasteiger partial charge on any atom is -0.379 e. The first-order valence-corrected chi connectivity index (χ1v) is 7.69. The van der Waals surface area contributed by atoms with E-state index in [0.29, 0.717) is 17.1 Å². The molecule has 1 unspecified atom stereocenters. The molecule has 1 aliphatic heterocycles. The summed E-state index contributed by atoms with van der Waals surface area (Å²) < 4.78 is 5.36. The highest BCUT2D eigenvalue weighted by molar-refractivity contribution is 6.29. The minimum atomic E-state index is 0.325. The molecule has 0 aromatic carbocycles. The standard InChI is InChI=1S/C14H21ClN4O/c1-10(9-19-4-6-20-7-5-19)16-13-8-12(15)17-14(18-13)11-2-3-11/h8,10-11H,2-7,9H2,1H3,(H,16,17,18). The zero-order valence-electron chi connectivity index (χ0n) is 11.8. The number of anilines is 1. The maximum Gasteiger partial charge on any atom is 0.135 e. The number of morpholine rings is 1. The zero-order valence-corrected chi connectivity index (χ0v) is 12.6. The summed E-state index contributed by atoms with van der Waals surface area (Å²) >= 11 is 6.08. The molecule has 0 radical (unpaired) electrons. The molecule has 3 rings (SSSR count). The van der Waals surface area contributed by atoms with Crippen LogP contribution in [0, 0.1) is 0 Å². The van der Waals surface area contributed by atoms with E-state index in [-0.39, 0.29) is 0 Å². The Labute approximate surface area is 124 Å². The normalized spacial score (nSPS) is 21.7. The van der Waals surface area contributed by atoms with Crippen LogP contribution in [-0.2, 0) is 4.74 Å². The molecule has 1 saturated carbocycles. The van der Waals surface area contributed by atoms with Gasteiger partial charge in [-0.15, -0.1) is 0 Å². The third kappa shape index (κ3) is 3.81. The predicted octanol–water partition coefficient (Wildman–Crippen LogP) is 2.14. The summed E-state index contributed by atoms with van der Waals surface area (Å²) in [7, 11) is 0. The van der Waals surface area contributed by atoms with Crippen LogP contribution in [0.25, 0.3) is 0 Å². The van der Waals surface area contributed by atoms with Crippen LogP contribution in [0.5, 0.6) is 0 Å². The van der Waals surface area contributed by atoms with Crippen molar-refractivity contribution in [1.82, 2.24) is 14.9 Å². The summed E-state index contributed by atoms with van der Waals surface area (Å²) in [4.78, 5) is 11.3. The lowest BCUT2D eigenvalue weighted by molar-refractivity contribution is 0.0368. The van der Waals surface area contributed by atoms with Crippen molar-refractivity contribution in [2.75, 3.05) is 38.2 Å². The van der Waals surface area contributed by atoms with Crippen molar-refractivity contribution in [3.8, 4) is 0 Å². The summed E-state index contributed by atoms with van der Waals surface area (Å²) in [6.45, 7) is 6.83. The van der Waals surface area contributed by atoms with Gasteiger partial charge in [0.1, 0.15) is 16.8 Å². The van der Waals surface area contributed by atoms with E-state index < -0.39 is 0 Å². The molecule has 110 valence electrons. The van der Waals surface area contributed by atoms with E-state index in [1.54, 1.807) is 0 Å². The number of nitrogens with one attached hydrogen (secondary N) is 1. The van der Waals surface area contributed by atoms with Crippen molar-refractivity contribution in [2.45, 2.75) is 31.7 Å². The lowest BCUT2D eigenvalue weighted by Crippen LogP contribution is -2.42. The largest absolute Gasteiger partial charge is 0.379 e. The lowest BCUT2D eigenvalue weighted by Gasteiger charge is -2.29. The molecule has 1 aliphatic carbocycles. The minimum absolute atomic E-state index is 0.325. The van der Waals surface area contributed by atoms with Gasteiger partial charge in [-0.2, -0.15) is 0 Å². The molecule has 2 heterocycles. The summed E-state index contributed by atoms with van der Waals surface area (Å²) in [6.07, 6.45) is 2.37. The van der Waals surface area contributed by atoms with Crippen LogP contribution in [0.3, 0.4) is 0 Å². The van der Waals surface area contributed by atoms with Gasteiger partial charge < -0.3 is 10.1 Å². The maximum absolute atomic E-state index is 6.08. The van der Waals surface area contributed by atoms with Crippen LogP contribution in [0.4, 0.5) is 5.82 Å². The summed E-state index contributed by atoms with van der Waals surface area (Å²) in [5.74, 6) is 2.25. The molecule has 0 spiro atoms. The van der Waals surface area contributed by atoms with Crippen LogP contribution in [0.15, 0.2) is 6.07 Å². The van der Waals surface area contributed by atoms with Gasteiger partial charge in [0.2, 0.25) is 0 Å². The molecule has 1 aromatic rings. The third-order valence-electron chi connectivity index (χ3n) is 3.68. The van der Waals surface area contributed by atoms with Crippen LogP contribution in [-0.4, -0.2) is 53.8 Å². The summed E-state index contributed by atoms with van der Waals surface area (Å²) in [5.41, 5.74) is 0. The second-order valence-electron chi connectivity index (χ2n) is 5.67. The van der Waals surface area contributed by atoms with Crippen molar-refractivity contribution in [3.05, 3.63) is 17.0 Å². The average Bonchev–Trinajstić information content (AvgIpc) is 3.23. The van der Waals surface area contributed by atoms with Crippen molar-refractivity contribution < 1.29 is 4.74 Å². The molecule has 1 atom stereocenters. The predicted molar refractivity (Wildman–Crippen MR) is 79.4 cm³/mol. The van der Waals surface area contributed by atoms with Gasteiger partial charge in [-0.3, -0.25) is 4.90 Å². The van der Waals surface area contributed by atoms with E-state index in [1.807, 2.05) is 6.07 Å². The average molecular weight is 297 g/mol. The highest BCUT2D eigenvalue weighted by Crippen LogP contribution is 2.38. The van der Waals surface area contributed by atoms with E-state index in [0.717, 1.165) is 44.5 Å². The number of nitrogens with zero attached hydrogens (tertiary/aromatic N) is 3. The van der Waals surface area contributed by atoms with Gasteiger partial charge in [-0.05, 0) is 19.8 Å². The molecule has 5 nitrogen and oxygen atoms in total. The van der Waals surface area contributed by atoms with Gasteiger partial charge in [0.15, 0.2) is 0 Å². The number of hydrogen-bond donors (Lipinski definition) is 1. The van der Waals surface area contributed by atoms with E-state index >= 15 is 0 Å². The fourth-order valence-electron chi connectivity index (χ4n) is 2.50. The first kappa shape index (κ1) is 14.0. The van der Waals surface area contributed by atoms with Gasteiger partial charge in [-0.25, -0.2) is 9.97 Å². The Kier molecular flexibility index (Phi) is 4.38. The van der Waals surface area contributed by atoms with Gasteiger partial charge >= 0.3 is 0 Å². The number of aromatic nitrogens is 2. The number of rotatable bonds is 5. The fourth-order valence-corrected chi connectivity index (χ4v) is 2.69. The van der Waals surface area contributed by atoms with Crippen LogP contribution in [0.2, 0.25) is 5.15 Å². The maximum atomic E-state index is 6.08. The first-order chi connectivity index (χ1) is 9.70.